The zero-order chi connectivity index (χ0) is 28.3. The minimum absolute atomic E-state index is 0.00564. The Morgan fingerprint density at radius 1 is 1.12 bits per heavy atom. The van der Waals surface area contributed by atoms with Crippen molar-refractivity contribution in [3.05, 3.63) is 113 Å². The van der Waals surface area contributed by atoms with Crippen LogP contribution in [0.3, 0.4) is 0 Å². The van der Waals surface area contributed by atoms with Gasteiger partial charge in [-0.3, -0.25) is 14.6 Å². The number of rotatable bonds is 7. The van der Waals surface area contributed by atoms with Crippen molar-refractivity contribution in [3.63, 3.8) is 0 Å². The molecule has 9 heteroatoms. The second-order valence-corrected chi connectivity index (χ2v) is 10.8. The van der Waals surface area contributed by atoms with Gasteiger partial charge >= 0.3 is 0 Å². The Morgan fingerprint density at radius 2 is 1.93 bits per heavy atom. The van der Waals surface area contributed by atoms with Gasteiger partial charge in [0.25, 0.3) is 5.91 Å². The van der Waals surface area contributed by atoms with E-state index in [4.69, 9.17) is 9.15 Å². The fraction of sp³-hybridized carbons (Fsp3) is 0.290. The number of hydrogen-bond acceptors (Lipinski definition) is 6. The number of benzene rings is 2. The first-order valence-corrected chi connectivity index (χ1v) is 13.1. The lowest BCUT2D eigenvalue weighted by Crippen LogP contribution is -2.45. The molecule has 0 aliphatic carbocycles. The molecule has 1 N–H and O–H groups in total. The van der Waals surface area contributed by atoms with Gasteiger partial charge in [-0.05, 0) is 65.1 Å². The minimum Gasteiger partial charge on any atom is -0.484 e. The summed E-state index contributed by atoms with van der Waals surface area (Å²) >= 11 is 0. The molecule has 2 aromatic heterocycles. The second kappa shape index (κ2) is 11.3. The zero-order valence-corrected chi connectivity index (χ0v) is 22.7. The van der Waals surface area contributed by atoms with Crippen molar-refractivity contribution in [2.24, 2.45) is 5.41 Å². The van der Waals surface area contributed by atoms with E-state index in [2.05, 4.69) is 15.3 Å². The molecule has 1 aliphatic heterocycles. The third kappa shape index (κ3) is 6.03. The van der Waals surface area contributed by atoms with Gasteiger partial charge in [0.15, 0.2) is 12.3 Å². The number of ether oxygens (including phenoxy) is 1. The molecule has 0 fully saturated rings. The average molecular weight is 543 g/mol. The summed E-state index contributed by atoms with van der Waals surface area (Å²) in [5.41, 5.74) is 3.14. The number of fused-ring (bicyclic) bond motifs is 1. The number of carbonyl (C=O) groups is 2. The van der Waals surface area contributed by atoms with E-state index in [9.17, 15) is 14.0 Å². The molecule has 40 heavy (non-hydrogen) atoms. The molecule has 206 valence electrons. The Hall–Kier alpha value is -4.53. The predicted molar refractivity (Wildman–Crippen MR) is 146 cm³/mol. The van der Waals surface area contributed by atoms with Crippen LogP contribution in [0, 0.1) is 11.2 Å². The van der Waals surface area contributed by atoms with Crippen LogP contribution in [0.15, 0.2) is 77.7 Å². The quantitative estimate of drug-likeness (QED) is 0.343. The molecule has 3 heterocycles. The van der Waals surface area contributed by atoms with Crippen molar-refractivity contribution in [3.8, 4) is 5.75 Å². The molecule has 0 unspecified atom stereocenters. The van der Waals surface area contributed by atoms with Crippen molar-refractivity contribution in [2.75, 3.05) is 6.54 Å². The van der Waals surface area contributed by atoms with Gasteiger partial charge in [-0.15, -0.1) is 0 Å². The maximum atomic E-state index is 14.3. The number of carbonyl (C=O) groups excluding carboxylic acids is 2. The lowest BCUT2D eigenvalue weighted by molar-refractivity contribution is -0.141. The van der Waals surface area contributed by atoms with Crippen LogP contribution in [0.4, 0.5) is 4.39 Å². The minimum atomic E-state index is -0.593. The highest BCUT2D eigenvalue weighted by Crippen LogP contribution is 2.39. The van der Waals surface area contributed by atoms with E-state index in [-0.39, 0.29) is 35.8 Å². The fourth-order valence-electron chi connectivity index (χ4n) is 4.77. The summed E-state index contributed by atoms with van der Waals surface area (Å²) in [6.45, 7) is 6.54. The molecular weight excluding hydrogens is 511 g/mol. The highest BCUT2D eigenvalue weighted by molar-refractivity contribution is 5.91. The smallest absolute Gasteiger partial charge is 0.273 e. The monoisotopic (exact) mass is 542 g/mol. The number of oxazole rings is 1. The number of hydrogen-bond donors (Lipinski definition) is 1. The third-order valence-electron chi connectivity index (χ3n) is 6.76. The normalized spacial score (nSPS) is 14.9. The molecule has 0 spiro atoms. The lowest BCUT2D eigenvalue weighted by Gasteiger charge is -2.41. The van der Waals surface area contributed by atoms with Crippen molar-refractivity contribution >= 4 is 11.8 Å². The second-order valence-electron chi connectivity index (χ2n) is 10.8. The summed E-state index contributed by atoms with van der Waals surface area (Å²) in [5, 5.41) is 2.80. The van der Waals surface area contributed by atoms with Gasteiger partial charge in [-0.25, -0.2) is 9.37 Å². The van der Waals surface area contributed by atoms with E-state index in [0.717, 1.165) is 16.7 Å². The van der Waals surface area contributed by atoms with E-state index >= 15 is 0 Å². The SMILES string of the molecule is CC(C)(C)C(=O)N1CCc2ccc(OCc3nc(C(=O)NCc4ccncc4)co3)cc2[C@@H]1c1cccc(F)c1. The third-order valence-corrected chi connectivity index (χ3v) is 6.76. The largest absolute Gasteiger partial charge is 0.484 e. The number of halogens is 1. The number of pyridine rings is 1. The van der Waals surface area contributed by atoms with Crippen LogP contribution in [0.5, 0.6) is 5.75 Å². The maximum Gasteiger partial charge on any atom is 0.273 e. The molecule has 8 nitrogen and oxygen atoms in total. The number of amides is 2. The average Bonchev–Trinajstić information content (AvgIpc) is 3.43. The summed E-state index contributed by atoms with van der Waals surface area (Å²) in [6.07, 6.45) is 5.30. The molecule has 0 radical (unpaired) electrons. The lowest BCUT2D eigenvalue weighted by atomic mass is 9.85. The topological polar surface area (TPSA) is 97.6 Å². The summed E-state index contributed by atoms with van der Waals surface area (Å²) in [5.74, 6) is 0.0742. The first-order valence-electron chi connectivity index (χ1n) is 13.1. The van der Waals surface area contributed by atoms with Crippen LogP contribution in [-0.2, 0) is 24.4 Å². The summed E-state index contributed by atoms with van der Waals surface area (Å²) in [7, 11) is 0. The van der Waals surface area contributed by atoms with E-state index in [0.29, 0.717) is 30.8 Å². The summed E-state index contributed by atoms with van der Waals surface area (Å²) in [6, 6.07) is 15.3. The molecule has 4 aromatic rings. The first kappa shape index (κ1) is 27.1. The number of nitrogens with one attached hydrogen (secondary N) is 1. The molecule has 2 aromatic carbocycles. The Labute approximate surface area is 232 Å². The van der Waals surface area contributed by atoms with Gasteiger partial charge in [-0.2, -0.15) is 0 Å². The van der Waals surface area contributed by atoms with Crippen LogP contribution in [0.25, 0.3) is 0 Å². The first-order chi connectivity index (χ1) is 19.2. The fourth-order valence-corrected chi connectivity index (χ4v) is 4.77. The van der Waals surface area contributed by atoms with Crippen LogP contribution in [-0.4, -0.2) is 33.2 Å². The van der Waals surface area contributed by atoms with E-state index in [1.165, 1.54) is 18.4 Å². The number of nitrogens with zero attached hydrogens (tertiary/aromatic N) is 3. The van der Waals surface area contributed by atoms with Crippen LogP contribution < -0.4 is 10.1 Å². The molecule has 0 bridgehead atoms. The van der Waals surface area contributed by atoms with Crippen molar-refractivity contribution in [1.29, 1.82) is 0 Å². The summed E-state index contributed by atoms with van der Waals surface area (Å²) < 4.78 is 25.7. The molecule has 1 aliphatic rings. The van der Waals surface area contributed by atoms with Gasteiger partial charge in [-0.1, -0.05) is 39.0 Å². The van der Waals surface area contributed by atoms with Gasteiger partial charge in [0.05, 0.1) is 6.04 Å². The molecule has 5 rings (SSSR count). The van der Waals surface area contributed by atoms with Crippen molar-refractivity contribution in [1.82, 2.24) is 20.2 Å². The Morgan fingerprint density at radius 3 is 2.67 bits per heavy atom. The Bertz CT molecular complexity index is 1510. The van der Waals surface area contributed by atoms with Crippen molar-refractivity contribution < 1.29 is 23.1 Å². The zero-order valence-electron chi connectivity index (χ0n) is 22.7. The van der Waals surface area contributed by atoms with Crippen LogP contribution >= 0.6 is 0 Å². The van der Waals surface area contributed by atoms with Crippen molar-refractivity contribution in [2.45, 2.75) is 46.4 Å². The molecule has 2 amide bonds. The predicted octanol–water partition coefficient (Wildman–Crippen LogP) is 5.24. The molecular formula is C31H31FN4O4. The highest BCUT2D eigenvalue weighted by atomic mass is 19.1. The maximum absolute atomic E-state index is 14.3. The van der Waals surface area contributed by atoms with Crippen LogP contribution in [0.2, 0.25) is 0 Å². The van der Waals surface area contributed by atoms with Gasteiger partial charge in [0.1, 0.15) is 17.8 Å². The van der Waals surface area contributed by atoms with Gasteiger partial charge < -0.3 is 19.4 Å². The Kier molecular flexibility index (Phi) is 7.64. The van der Waals surface area contributed by atoms with E-state index in [1.54, 1.807) is 18.5 Å². The van der Waals surface area contributed by atoms with Crippen LogP contribution in [0.1, 0.15) is 65.4 Å². The Balaban J connectivity index is 1.33. The van der Waals surface area contributed by atoms with E-state index < -0.39 is 11.5 Å². The standard InChI is InChI=1S/C31H31FN4O4/c1-31(2,3)30(38)36-14-11-21-7-8-24(16-25(21)28(36)22-5-4-6-23(32)15-22)39-19-27-35-26(18-40-27)29(37)34-17-20-9-12-33-13-10-20/h4-10,12-13,15-16,18,28H,11,14,17,19H2,1-3H3,(H,34,37)/t28-/m0/s1. The molecule has 0 saturated carbocycles. The molecule has 0 saturated heterocycles. The highest BCUT2D eigenvalue weighted by Gasteiger charge is 2.37. The summed E-state index contributed by atoms with van der Waals surface area (Å²) in [4.78, 5) is 35.9. The van der Waals surface area contributed by atoms with Gasteiger partial charge in [0.2, 0.25) is 11.8 Å². The van der Waals surface area contributed by atoms with Gasteiger partial charge in [0, 0.05) is 30.9 Å². The molecule has 1 atom stereocenters. The van der Waals surface area contributed by atoms with E-state index in [1.807, 2.05) is 62.1 Å². The number of aromatic nitrogens is 2.